The minimum atomic E-state index is 0.425. The van der Waals surface area contributed by atoms with Crippen molar-refractivity contribution >= 4 is 6.01 Å². The number of aromatic nitrogens is 3. The summed E-state index contributed by atoms with van der Waals surface area (Å²) in [4.78, 5) is 4.01. The molecule has 2 N–H and O–H groups in total. The number of hydrogen-bond acceptors (Lipinski definition) is 6. The monoisotopic (exact) mass is 219 g/mol. The van der Waals surface area contributed by atoms with Crippen LogP contribution in [0.25, 0.3) is 0 Å². The van der Waals surface area contributed by atoms with Crippen LogP contribution in [-0.4, -0.2) is 22.2 Å². The minimum absolute atomic E-state index is 0.425. The van der Waals surface area contributed by atoms with E-state index in [0.29, 0.717) is 25.0 Å². The second-order valence-corrected chi connectivity index (χ2v) is 3.25. The summed E-state index contributed by atoms with van der Waals surface area (Å²) in [5, 5.41) is 13.7. The summed E-state index contributed by atoms with van der Waals surface area (Å²) in [5.41, 5.74) is 1.07. The molecule has 2 heterocycles. The molecule has 0 aliphatic rings. The lowest BCUT2D eigenvalue weighted by atomic mass is 10.3. The van der Waals surface area contributed by atoms with Gasteiger partial charge in [0.15, 0.2) is 0 Å². The first-order valence-electron chi connectivity index (χ1n) is 4.98. The SMILES string of the molecule is CNCc1nnc(NCc2cccnc2)o1. The number of anilines is 1. The number of pyridine rings is 1. The van der Waals surface area contributed by atoms with Crippen LogP contribution in [0.1, 0.15) is 11.5 Å². The maximum atomic E-state index is 5.33. The van der Waals surface area contributed by atoms with Crippen LogP contribution in [-0.2, 0) is 13.1 Å². The summed E-state index contributed by atoms with van der Waals surface area (Å²) in [6.45, 7) is 1.19. The second-order valence-electron chi connectivity index (χ2n) is 3.25. The molecule has 2 aromatic rings. The van der Waals surface area contributed by atoms with Gasteiger partial charge in [-0.2, -0.15) is 0 Å². The van der Waals surface area contributed by atoms with Crippen molar-refractivity contribution in [3.05, 3.63) is 36.0 Å². The van der Waals surface area contributed by atoms with Crippen molar-refractivity contribution < 1.29 is 4.42 Å². The van der Waals surface area contributed by atoms with Gasteiger partial charge in [0.2, 0.25) is 5.89 Å². The Balaban J connectivity index is 1.89. The Bertz CT molecular complexity index is 428. The largest absolute Gasteiger partial charge is 0.407 e. The number of nitrogens with one attached hydrogen (secondary N) is 2. The van der Waals surface area contributed by atoms with Crippen molar-refractivity contribution in [1.29, 1.82) is 0 Å². The number of hydrogen-bond donors (Lipinski definition) is 2. The van der Waals surface area contributed by atoms with Gasteiger partial charge in [-0.3, -0.25) is 4.98 Å². The van der Waals surface area contributed by atoms with E-state index in [1.54, 1.807) is 12.4 Å². The molecule has 0 unspecified atom stereocenters. The summed E-state index contributed by atoms with van der Waals surface area (Å²) < 4.78 is 5.33. The zero-order chi connectivity index (χ0) is 11.2. The highest BCUT2D eigenvalue weighted by molar-refractivity contribution is 5.21. The molecule has 0 fully saturated rings. The zero-order valence-corrected chi connectivity index (χ0v) is 8.97. The van der Waals surface area contributed by atoms with Crippen LogP contribution in [0.4, 0.5) is 6.01 Å². The number of rotatable bonds is 5. The van der Waals surface area contributed by atoms with E-state index >= 15 is 0 Å². The number of nitrogens with zero attached hydrogens (tertiary/aromatic N) is 3. The van der Waals surface area contributed by atoms with E-state index in [0.717, 1.165) is 5.56 Å². The molecule has 0 saturated carbocycles. The molecule has 0 aliphatic carbocycles. The molecule has 2 rings (SSSR count). The molecule has 0 atom stereocenters. The first-order chi connectivity index (χ1) is 7.88. The molecular formula is C10H13N5O. The summed E-state index contributed by atoms with van der Waals surface area (Å²) in [5.74, 6) is 0.566. The summed E-state index contributed by atoms with van der Waals surface area (Å²) in [6.07, 6.45) is 3.53. The summed E-state index contributed by atoms with van der Waals surface area (Å²) in [7, 11) is 1.83. The van der Waals surface area contributed by atoms with Crippen LogP contribution < -0.4 is 10.6 Å². The van der Waals surface area contributed by atoms with E-state index < -0.39 is 0 Å². The normalized spacial score (nSPS) is 10.3. The van der Waals surface area contributed by atoms with Crippen molar-refractivity contribution in [2.45, 2.75) is 13.1 Å². The van der Waals surface area contributed by atoms with E-state index in [1.165, 1.54) is 0 Å². The maximum Gasteiger partial charge on any atom is 0.315 e. The van der Waals surface area contributed by atoms with E-state index in [9.17, 15) is 0 Å². The van der Waals surface area contributed by atoms with Crippen molar-refractivity contribution in [2.75, 3.05) is 12.4 Å². The van der Waals surface area contributed by atoms with E-state index in [1.807, 2.05) is 19.2 Å². The fourth-order valence-electron chi connectivity index (χ4n) is 1.23. The Kier molecular flexibility index (Phi) is 3.45. The quantitative estimate of drug-likeness (QED) is 0.774. The molecule has 0 bridgehead atoms. The fourth-order valence-corrected chi connectivity index (χ4v) is 1.23. The standard InChI is InChI=1S/C10H13N5O/c1-11-7-9-14-15-10(16-9)13-6-8-3-2-4-12-5-8/h2-5,11H,6-7H2,1H3,(H,13,15). The van der Waals surface area contributed by atoms with Crippen molar-refractivity contribution in [2.24, 2.45) is 0 Å². The molecule has 0 saturated heterocycles. The Morgan fingerprint density at radius 2 is 2.25 bits per heavy atom. The van der Waals surface area contributed by atoms with Gasteiger partial charge in [-0.25, -0.2) is 0 Å². The van der Waals surface area contributed by atoms with Gasteiger partial charge in [-0.1, -0.05) is 11.2 Å². The van der Waals surface area contributed by atoms with Crippen molar-refractivity contribution in [1.82, 2.24) is 20.5 Å². The van der Waals surface area contributed by atoms with E-state index in [-0.39, 0.29) is 0 Å². The Morgan fingerprint density at radius 1 is 1.31 bits per heavy atom. The van der Waals surface area contributed by atoms with Gasteiger partial charge in [0.25, 0.3) is 0 Å². The van der Waals surface area contributed by atoms with Crippen LogP contribution >= 0.6 is 0 Å². The first-order valence-corrected chi connectivity index (χ1v) is 4.98. The topological polar surface area (TPSA) is 75.9 Å². The Hall–Kier alpha value is -1.95. The molecule has 6 heteroatoms. The van der Waals surface area contributed by atoms with Gasteiger partial charge in [-0.15, -0.1) is 5.10 Å². The van der Waals surface area contributed by atoms with Crippen LogP contribution in [0, 0.1) is 0 Å². The molecule has 0 spiro atoms. The smallest absolute Gasteiger partial charge is 0.315 e. The average Bonchev–Trinajstić information content (AvgIpc) is 2.76. The predicted octanol–water partition coefficient (Wildman–Crippen LogP) is 0.796. The van der Waals surface area contributed by atoms with Gasteiger partial charge in [-0.05, 0) is 18.7 Å². The van der Waals surface area contributed by atoms with Gasteiger partial charge >= 0.3 is 6.01 Å². The third kappa shape index (κ3) is 2.77. The lowest BCUT2D eigenvalue weighted by Crippen LogP contribution is -2.04. The van der Waals surface area contributed by atoms with E-state index in [2.05, 4.69) is 25.8 Å². The summed E-state index contributed by atoms with van der Waals surface area (Å²) >= 11 is 0. The van der Waals surface area contributed by atoms with Gasteiger partial charge in [0, 0.05) is 18.9 Å². The Labute approximate surface area is 93.1 Å². The average molecular weight is 219 g/mol. The minimum Gasteiger partial charge on any atom is -0.407 e. The van der Waals surface area contributed by atoms with Crippen LogP contribution in [0.3, 0.4) is 0 Å². The first kappa shape index (κ1) is 10.6. The third-order valence-electron chi connectivity index (χ3n) is 1.96. The van der Waals surface area contributed by atoms with Crippen LogP contribution in [0.15, 0.2) is 28.9 Å². The lowest BCUT2D eigenvalue weighted by molar-refractivity contribution is 0.489. The van der Waals surface area contributed by atoms with Gasteiger partial charge in [0.05, 0.1) is 6.54 Å². The molecule has 6 nitrogen and oxygen atoms in total. The molecule has 0 aliphatic heterocycles. The molecule has 2 aromatic heterocycles. The molecule has 0 amide bonds. The highest BCUT2D eigenvalue weighted by Gasteiger charge is 2.03. The lowest BCUT2D eigenvalue weighted by Gasteiger charge is -1.99. The Morgan fingerprint density at radius 3 is 3.00 bits per heavy atom. The summed E-state index contributed by atoms with van der Waals surface area (Å²) in [6, 6.07) is 4.29. The molecular weight excluding hydrogens is 206 g/mol. The predicted molar refractivity (Wildman–Crippen MR) is 58.6 cm³/mol. The highest BCUT2D eigenvalue weighted by Crippen LogP contribution is 2.06. The molecule has 0 aromatic carbocycles. The molecule has 16 heavy (non-hydrogen) atoms. The molecule has 0 radical (unpaired) electrons. The van der Waals surface area contributed by atoms with Crippen LogP contribution in [0.5, 0.6) is 0 Å². The second kappa shape index (κ2) is 5.22. The molecule has 84 valence electrons. The maximum absolute atomic E-state index is 5.33. The van der Waals surface area contributed by atoms with Crippen LogP contribution in [0.2, 0.25) is 0 Å². The van der Waals surface area contributed by atoms with Crippen molar-refractivity contribution in [3.8, 4) is 0 Å². The fraction of sp³-hybridized carbons (Fsp3) is 0.300. The van der Waals surface area contributed by atoms with Crippen molar-refractivity contribution in [3.63, 3.8) is 0 Å². The highest BCUT2D eigenvalue weighted by atomic mass is 16.4. The third-order valence-corrected chi connectivity index (χ3v) is 1.96. The van der Waals surface area contributed by atoms with Gasteiger partial charge < -0.3 is 15.1 Å². The van der Waals surface area contributed by atoms with Gasteiger partial charge in [0.1, 0.15) is 0 Å². The zero-order valence-electron chi connectivity index (χ0n) is 8.97. The van der Waals surface area contributed by atoms with E-state index in [4.69, 9.17) is 4.42 Å².